The van der Waals surface area contributed by atoms with Gasteiger partial charge in [0.25, 0.3) is 0 Å². The Morgan fingerprint density at radius 3 is 1.30 bits per heavy atom. The van der Waals surface area contributed by atoms with E-state index in [0.29, 0.717) is 12.8 Å². The zero-order valence-electron chi connectivity index (χ0n) is 35.5. The normalized spacial score (nSPS) is 13.5. The maximum atomic E-state index is 12.7. The van der Waals surface area contributed by atoms with Crippen LogP contribution < -0.4 is 0 Å². The van der Waals surface area contributed by atoms with E-state index in [1.54, 1.807) is 0 Å². The highest BCUT2D eigenvalue weighted by atomic mass is 31.2. The highest BCUT2D eigenvalue weighted by molar-refractivity contribution is 7.47. The lowest BCUT2D eigenvalue weighted by Crippen LogP contribution is -2.35. The topological polar surface area (TPSA) is 108 Å². The zero-order valence-corrected chi connectivity index (χ0v) is 36.4. The Morgan fingerprint density at radius 2 is 0.887 bits per heavy atom. The van der Waals surface area contributed by atoms with Gasteiger partial charge in [-0.05, 0) is 32.1 Å². The molecule has 0 amide bonds. The van der Waals surface area contributed by atoms with Crippen molar-refractivity contribution in [2.24, 2.45) is 0 Å². The summed E-state index contributed by atoms with van der Waals surface area (Å²) in [5, 5.41) is 0. The Morgan fingerprint density at radius 1 is 0.509 bits per heavy atom. The van der Waals surface area contributed by atoms with Crippen LogP contribution in [-0.4, -0.2) is 74.9 Å². The maximum absolute atomic E-state index is 12.7. The van der Waals surface area contributed by atoms with Crippen molar-refractivity contribution in [2.45, 2.75) is 219 Å². The van der Waals surface area contributed by atoms with E-state index in [1.807, 2.05) is 0 Å². The molecule has 10 heteroatoms. The van der Waals surface area contributed by atoms with Crippen LogP contribution in [0.5, 0.6) is 0 Å². The highest BCUT2D eigenvalue weighted by Gasteiger charge is 2.26. The Labute approximate surface area is 327 Å². The van der Waals surface area contributed by atoms with E-state index >= 15 is 0 Å². The molecule has 1 N–H and O–H groups in total. The van der Waals surface area contributed by atoms with E-state index in [2.05, 4.69) is 35.0 Å². The molecule has 0 fully saturated rings. The number of unbranched alkanes of at least 4 members (excludes halogenated alkanes) is 26. The van der Waals surface area contributed by atoms with Gasteiger partial charge in [0.1, 0.15) is 6.61 Å². The van der Waals surface area contributed by atoms with Gasteiger partial charge in [0.05, 0.1) is 40.9 Å². The summed E-state index contributed by atoms with van der Waals surface area (Å²) in [6.45, 7) is 5.02. The standard InChI is InChI=1S/C43H86NO8P/c1-6-8-10-12-14-16-18-20-22-24-26-28-31-35-42(45)49-39-41(40-51-53(47,48)50-38-34-30-33-37-44(3,4)5)52-43(46)36-32-29-27-25-23-21-19-17-15-13-11-9-7-2/h41H,6-40H2,1-5H3/p+1. The predicted octanol–water partition coefficient (Wildman–Crippen LogP) is 12.4. The van der Waals surface area contributed by atoms with Gasteiger partial charge < -0.3 is 18.9 Å². The fourth-order valence-corrected chi connectivity index (χ4v) is 7.24. The smallest absolute Gasteiger partial charge is 0.462 e. The second-order valence-corrected chi connectivity index (χ2v) is 17.9. The van der Waals surface area contributed by atoms with Crippen LogP contribution in [-0.2, 0) is 32.7 Å². The minimum Gasteiger partial charge on any atom is -0.462 e. The molecule has 0 bridgehead atoms. The molecular formula is C43H87NO8P+. The first kappa shape index (κ1) is 52.0. The van der Waals surface area contributed by atoms with E-state index < -0.39 is 19.9 Å². The van der Waals surface area contributed by atoms with Gasteiger partial charge in [0.2, 0.25) is 0 Å². The van der Waals surface area contributed by atoms with Gasteiger partial charge in [-0.1, -0.05) is 168 Å². The molecule has 0 rings (SSSR count). The highest BCUT2D eigenvalue weighted by Crippen LogP contribution is 2.43. The molecule has 0 radical (unpaired) electrons. The number of ether oxygens (including phenoxy) is 2. The molecule has 0 aliphatic heterocycles. The Hall–Kier alpha value is -0.990. The van der Waals surface area contributed by atoms with Crippen LogP contribution in [0.25, 0.3) is 0 Å². The van der Waals surface area contributed by atoms with E-state index in [4.69, 9.17) is 18.5 Å². The van der Waals surface area contributed by atoms with Crippen molar-refractivity contribution < 1.29 is 42.1 Å². The van der Waals surface area contributed by atoms with Crippen LogP contribution >= 0.6 is 7.82 Å². The Kier molecular flexibility index (Phi) is 36.0. The first-order chi connectivity index (χ1) is 25.5. The summed E-state index contributed by atoms with van der Waals surface area (Å²) in [5.74, 6) is -0.775. The molecule has 0 heterocycles. The molecule has 53 heavy (non-hydrogen) atoms. The van der Waals surface area contributed by atoms with Crippen molar-refractivity contribution in [2.75, 3.05) is 47.5 Å². The van der Waals surface area contributed by atoms with E-state index in [9.17, 15) is 19.0 Å². The maximum Gasteiger partial charge on any atom is 0.472 e. The molecule has 9 nitrogen and oxygen atoms in total. The summed E-state index contributed by atoms with van der Waals surface area (Å²) in [5.41, 5.74) is 0. The number of phosphoric acid groups is 1. The molecule has 0 saturated heterocycles. The number of quaternary nitrogens is 1. The van der Waals surface area contributed by atoms with Crippen molar-refractivity contribution in [1.82, 2.24) is 0 Å². The van der Waals surface area contributed by atoms with E-state index in [0.717, 1.165) is 62.4 Å². The second-order valence-electron chi connectivity index (χ2n) is 16.5. The summed E-state index contributed by atoms with van der Waals surface area (Å²) < 4.78 is 34.8. The molecule has 2 unspecified atom stereocenters. The van der Waals surface area contributed by atoms with Gasteiger partial charge in [-0.3, -0.25) is 18.6 Å². The number of carbonyl (C=O) groups is 2. The summed E-state index contributed by atoms with van der Waals surface area (Å²) in [7, 11) is 2.04. The van der Waals surface area contributed by atoms with E-state index in [1.165, 1.54) is 128 Å². The summed E-state index contributed by atoms with van der Waals surface area (Å²) in [6, 6.07) is 0. The number of esters is 2. The largest absolute Gasteiger partial charge is 0.472 e. The summed E-state index contributed by atoms with van der Waals surface area (Å²) in [4.78, 5) is 35.4. The van der Waals surface area contributed by atoms with Crippen molar-refractivity contribution in [3.8, 4) is 0 Å². The number of phosphoric ester groups is 1. The third-order valence-electron chi connectivity index (χ3n) is 9.85. The molecule has 0 saturated carbocycles. The lowest BCUT2D eigenvalue weighted by molar-refractivity contribution is -0.870. The third-order valence-corrected chi connectivity index (χ3v) is 10.8. The SMILES string of the molecule is CCCCCCCCCCCCCCCC(=O)OCC(COP(=O)(O)OCCCCC[N+](C)(C)C)OC(=O)CCCCCCCCCCCCCCC. The minimum atomic E-state index is -4.35. The lowest BCUT2D eigenvalue weighted by Gasteiger charge is -2.23. The van der Waals surface area contributed by atoms with Crippen molar-refractivity contribution in [3.05, 3.63) is 0 Å². The van der Waals surface area contributed by atoms with Crippen LogP contribution in [0.15, 0.2) is 0 Å². The Bertz CT molecular complexity index is 881. The molecule has 0 aromatic rings. The third kappa shape index (κ3) is 40.5. The number of hydrogen-bond donors (Lipinski definition) is 1. The average molecular weight is 777 g/mol. The van der Waals surface area contributed by atoms with Crippen LogP contribution in [0, 0.1) is 0 Å². The molecule has 0 spiro atoms. The quantitative estimate of drug-likeness (QED) is 0.0283. The first-order valence-electron chi connectivity index (χ1n) is 22.3. The van der Waals surface area contributed by atoms with Crippen LogP contribution in [0.2, 0.25) is 0 Å². The number of hydrogen-bond acceptors (Lipinski definition) is 7. The second kappa shape index (κ2) is 36.6. The molecule has 0 aromatic heterocycles. The number of nitrogens with zero attached hydrogens (tertiary/aromatic N) is 1. The minimum absolute atomic E-state index is 0.0997. The molecule has 0 aromatic carbocycles. The van der Waals surface area contributed by atoms with Gasteiger partial charge in [0, 0.05) is 12.8 Å². The van der Waals surface area contributed by atoms with Crippen molar-refractivity contribution in [1.29, 1.82) is 0 Å². The molecule has 316 valence electrons. The summed E-state index contributed by atoms with van der Waals surface area (Å²) in [6.07, 6.45) is 33.9. The van der Waals surface area contributed by atoms with Gasteiger partial charge in [0.15, 0.2) is 6.10 Å². The number of rotatable bonds is 41. The Balaban J connectivity index is 4.44. The predicted molar refractivity (Wildman–Crippen MR) is 220 cm³/mol. The van der Waals surface area contributed by atoms with Crippen LogP contribution in [0.3, 0.4) is 0 Å². The average Bonchev–Trinajstić information content (AvgIpc) is 3.11. The van der Waals surface area contributed by atoms with Gasteiger partial charge in [-0.15, -0.1) is 0 Å². The summed E-state index contributed by atoms with van der Waals surface area (Å²) >= 11 is 0. The van der Waals surface area contributed by atoms with Crippen molar-refractivity contribution >= 4 is 19.8 Å². The van der Waals surface area contributed by atoms with E-state index in [-0.39, 0.29) is 32.2 Å². The molecular weight excluding hydrogens is 689 g/mol. The van der Waals surface area contributed by atoms with Gasteiger partial charge in [-0.25, -0.2) is 4.57 Å². The zero-order chi connectivity index (χ0) is 39.3. The van der Waals surface area contributed by atoms with Crippen LogP contribution in [0.1, 0.15) is 213 Å². The lowest BCUT2D eigenvalue weighted by atomic mass is 10.0. The van der Waals surface area contributed by atoms with Gasteiger partial charge >= 0.3 is 19.8 Å². The fourth-order valence-electron chi connectivity index (χ4n) is 6.45. The fraction of sp³-hybridized carbons (Fsp3) is 0.953. The van der Waals surface area contributed by atoms with Gasteiger partial charge in [-0.2, -0.15) is 0 Å². The number of carbonyl (C=O) groups excluding carboxylic acids is 2. The first-order valence-corrected chi connectivity index (χ1v) is 23.8. The molecule has 0 aliphatic carbocycles. The van der Waals surface area contributed by atoms with Crippen molar-refractivity contribution in [3.63, 3.8) is 0 Å². The van der Waals surface area contributed by atoms with Crippen LogP contribution in [0.4, 0.5) is 0 Å². The monoisotopic (exact) mass is 777 g/mol. The molecule has 2 atom stereocenters. The molecule has 0 aliphatic rings.